The molecule has 0 unspecified atom stereocenters. The summed E-state index contributed by atoms with van der Waals surface area (Å²) < 4.78 is 0. The molecule has 1 amide bonds. The Balaban J connectivity index is 2.10. The zero-order chi connectivity index (χ0) is 13.8. The predicted molar refractivity (Wildman–Crippen MR) is 74.8 cm³/mol. The zero-order valence-electron chi connectivity index (χ0n) is 11.1. The normalized spacial score (nSPS) is 16.9. The maximum Gasteiger partial charge on any atom is 0.325 e. The minimum Gasteiger partial charge on any atom is -0.480 e. The van der Waals surface area contributed by atoms with E-state index in [9.17, 15) is 9.59 Å². The van der Waals surface area contributed by atoms with E-state index in [0.717, 1.165) is 12.8 Å². The fourth-order valence-corrected chi connectivity index (χ4v) is 3.44. The number of aliphatic carboxylic acids is 1. The highest BCUT2D eigenvalue weighted by atomic mass is 32.1. The first-order valence-corrected chi connectivity index (χ1v) is 7.55. The second kappa shape index (κ2) is 6.19. The van der Waals surface area contributed by atoms with Gasteiger partial charge in [-0.3, -0.25) is 9.59 Å². The number of carboxylic acid groups (broad SMARTS) is 1. The molecule has 104 valence electrons. The number of nitrogens with one attached hydrogen (secondary N) is 1. The zero-order valence-corrected chi connectivity index (χ0v) is 11.9. The van der Waals surface area contributed by atoms with Crippen molar-refractivity contribution in [1.82, 2.24) is 5.32 Å². The average Bonchev–Trinajstić information content (AvgIpc) is 2.71. The summed E-state index contributed by atoms with van der Waals surface area (Å²) in [5, 5.41) is 11.3. The molecule has 0 radical (unpaired) electrons. The van der Waals surface area contributed by atoms with E-state index in [1.54, 1.807) is 0 Å². The summed E-state index contributed by atoms with van der Waals surface area (Å²) in [6.45, 7) is 1.48. The molecule has 4 nitrogen and oxygen atoms in total. The Morgan fingerprint density at radius 1 is 1.26 bits per heavy atom. The smallest absolute Gasteiger partial charge is 0.325 e. The maximum atomic E-state index is 12.0. The lowest BCUT2D eigenvalue weighted by Gasteiger charge is -2.07. The van der Waals surface area contributed by atoms with Crippen LogP contribution in [0.5, 0.6) is 0 Å². The molecular formula is C14H19NO3S. The lowest BCUT2D eigenvalue weighted by molar-refractivity contribution is -0.138. The number of fused-ring (bicyclic) bond motifs is 1. The second-order valence-corrected chi connectivity index (χ2v) is 6.14. The van der Waals surface area contributed by atoms with E-state index < -0.39 is 12.0 Å². The van der Waals surface area contributed by atoms with Crippen LogP contribution in [0.3, 0.4) is 0 Å². The molecule has 2 rings (SSSR count). The number of hydrogen-bond donors (Lipinski definition) is 2. The number of rotatable bonds is 3. The highest BCUT2D eigenvalue weighted by molar-refractivity contribution is 7.14. The van der Waals surface area contributed by atoms with Crippen molar-refractivity contribution < 1.29 is 14.7 Å². The Morgan fingerprint density at radius 2 is 1.95 bits per heavy atom. The highest BCUT2D eigenvalue weighted by Gasteiger charge is 2.19. The number of carbonyl (C=O) groups excluding carboxylic acids is 1. The summed E-state index contributed by atoms with van der Waals surface area (Å²) in [5.41, 5.74) is 1.28. The predicted octanol–water partition coefficient (Wildman–Crippen LogP) is 2.61. The second-order valence-electron chi connectivity index (χ2n) is 5.01. The summed E-state index contributed by atoms with van der Waals surface area (Å²) >= 11 is 1.51. The molecule has 0 spiro atoms. The topological polar surface area (TPSA) is 66.4 Å². The van der Waals surface area contributed by atoms with E-state index in [4.69, 9.17) is 5.11 Å². The Hall–Kier alpha value is -1.36. The molecule has 0 saturated carbocycles. The van der Waals surface area contributed by atoms with Gasteiger partial charge in [0.25, 0.3) is 5.91 Å². The molecule has 0 saturated heterocycles. The molecule has 0 aromatic carbocycles. The van der Waals surface area contributed by atoms with Crippen molar-refractivity contribution in [2.45, 2.75) is 51.5 Å². The number of aryl methyl sites for hydroxylation is 2. The largest absolute Gasteiger partial charge is 0.480 e. The molecule has 0 aliphatic heterocycles. The first kappa shape index (κ1) is 14.1. The quantitative estimate of drug-likeness (QED) is 0.895. The molecule has 0 fully saturated rings. The SMILES string of the molecule is C[C@H](NC(=O)c1cc2c(s1)CCCCCC2)C(=O)O. The minimum absolute atomic E-state index is 0.272. The van der Waals surface area contributed by atoms with Crippen LogP contribution in [-0.2, 0) is 17.6 Å². The van der Waals surface area contributed by atoms with E-state index in [-0.39, 0.29) is 5.91 Å². The van der Waals surface area contributed by atoms with Gasteiger partial charge in [-0.15, -0.1) is 11.3 Å². The van der Waals surface area contributed by atoms with Crippen LogP contribution >= 0.6 is 11.3 Å². The number of carboxylic acids is 1. The van der Waals surface area contributed by atoms with Crippen LogP contribution in [0.15, 0.2) is 6.07 Å². The van der Waals surface area contributed by atoms with Gasteiger partial charge in [0.1, 0.15) is 6.04 Å². The number of thiophene rings is 1. The molecule has 1 aliphatic rings. The van der Waals surface area contributed by atoms with Gasteiger partial charge < -0.3 is 10.4 Å². The molecule has 2 N–H and O–H groups in total. The Bertz CT molecular complexity index is 456. The Morgan fingerprint density at radius 3 is 2.63 bits per heavy atom. The molecule has 1 aliphatic carbocycles. The summed E-state index contributed by atoms with van der Waals surface area (Å²) in [5.74, 6) is -1.28. The Kier molecular flexibility index (Phi) is 4.58. The van der Waals surface area contributed by atoms with Crippen LogP contribution in [0.25, 0.3) is 0 Å². The fraction of sp³-hybridized carbons (Fsp3) is 0.571. The first-order valence-electron chi connectivity index (χ1n) is 6.73. The van der Waals surface area contributed by atoms with Crippen LogP contribution in [0, 0.1) is 0 Å². The van der Waals surface area contributed by atoms with Crippen LogP contribution < -0.4 is 5.32 Å². The molecule has 1 aromatic rings. The van der Waals surface area contributed by atoms with Crippen LogP contribution in [0.4, 0.5) is 0 Å². The van der Waals surface area contributed by atoms with Crippen molar-refractivity contribution in [3.05, 3.63) is 21.4 Å². The third-order valence-electron chi connectivity index (χ3n) is 3.44. The minimum atomic E-state index is -1.01. The summed E-state index contributed by atoms with van der Waals surface area (Å²) in [6.07, 6.45) is 6.95. The molecule has 1 aromatic heterocycles. The first-order chi connectivity index (χ1) is 9.08. The van der Waals surface area contributed by atoms with Gasteiger partial charge >= 0.3 is 5.97 Å². The van der Waals surface area contributed by atoms with Gasteiger partial charge in [-0.05, 0) is 44.2 Å². The highest BCUT2D eigenvalue weighted by Crippen LogP contribution is 2.28. The van der Waals surface area contributed by atoms with Crippen LogP contribution in [0.2, 0.25) is 0 Å². The van der Waals surface area contributed by atoms with Gasteiger partial charge in [0.15, 0.2) is 0 Å². The van der Waals surface area contributed by atoms with Crippen molar-refractivity contribution >= 4 is 23.2 Å². The summed E-state index contributed by atoms with van der Waals surface area (Å²) in [6, 6.07) is 1.09. The number of carbonyl (C=O) groups is 2. The molecule has 1 heterocycles. The monoisotopic (exact) mass is 281 g/mol. The van der Waals surface area contributed by atoms with Crippen LogP contribution in [0.1, 0.15) is 52.7 Å². The van der Waals surface area contributed by atoms with Gasteiger partial charge in [-0.25, -0.2) is 0 Å². The van der Waals surface area contributed by atoms with Gasteiger partial charge in [0.2, 0.25) is 0 Å². The third kappa shape index (κ3) is 3.56. The van der Waals surface area contributed by atoms with Crippen molar-refractivity contribution in [1.29, 1.82) is 0 Å². The standard InChI is InChI=1S/C14H19NO3S/c1-9(14(17)18)15-13(16)12-8-10-6-4-2-3-5-7-11(10)19-12/h8-9H,2-7H2,1H3,(H,15,16)(H,17,18)/t9-/m0/s1. The lowest BCUT2D eigenvalue weighted by atomic mass is 10.00. The number of amides is 1. The van der Waals surface area contributed by atoms with Gasteiger partial charge in [-0.2, -0.15) is 0 Å². The van der Waals surface area contributed by atoms with E-state index >= 15 is 0 Å². The molecule has 1 atom stereocenters. The molecule has 19 heavy (non-hydrogen) atoms. The van der Waals surface area contributed by atoms with Crippen molar-refractivity contribution in [2.75, 3.05) is 0 Å². The van der Waals surface area contributed by atoms with Crippen LogP contribution in [-0.4, -0.2) is 23.0 Å². The van der Waals surface area contributed by atoms with E-state index in [2.05, 4.69) is 5.32 Å². The lowest BCUT2D eigenvalue weighted by Crippen LogP contribution is -2.37. The third-order valence-corrected chi connectivity index (χ3v) is 4.67. The summed E-state index contributed by atoms with van der Waals surface area (Å²) in [7, 11) is 0. The van der Waals surface area contributed by atoms with E-state index in [1.807, 2.05) is 6.07 Å². The fourth-order valence-electron chi connectivity index (χ4n) is 2.29. The maximum absolute atomic E-state index is 12.0. The molecular weight excluding hydrogens is 262 g/mol. The van der Waals surface area contributed by atoms with Crippen molar-refractivity contribution in [3.8, 4) is 0 Å². The molecule has 0 bridgehead atoms. The average molecular weight is 281 g/mol. The summed E-state index contributed by atoms with van der Waals surface area (Å²) in [4.78, 5) is 24.7. The van der Waals surface area contributed by atoms with E-state index in [0.29, 0.717) is 4.88 Å². The van der Waals surface area contributed by atoms with Crippen molar-refractivity contribution in [2.24, 2.45) is 0 Å². The van der Waals surface area contributed by atoms with Gasteiger partial charge in [-0.1, -0.05) is 12.8 Å². The molecule has 5 heteroatoms. The van der Waals surface area contributed by atoms with Crippen molar-refractivity contribution in [3.63, 3.8) is 0 Å². The number of hydrogen-bond acceptors (Lipinski definition) is 3. The Labute approximate surface area is 116 Å². The van der Waals surface area contributed by atoms with E-state index in [1.165, 1.54) is 54.4 Å². The van der Waals surface area contributed by atoms with Gasteiger partial charge in [0, 0.05) is 4.88 Å². The van der Waals surface area contributed by atoms with Gasteiger partial charge in [0.05, 0.1) is 4.88 Å².